The molecule has 1 fully saturated rings. The minimum atomic E-state index is -4.19. The number of alkyl halides is 3. The van der Waals surface area contributed by atoms with Gasteiger partial charge in [-0.2, -0.15) is 18.4 Å². The van der Waals surface area contributed by atoms with Crippen LogP contribution in [-0.2, 0) is 6.54 Å². The number of hydrogen-bond acceptors (Lipinski definition) is 3. The molecule has 0 unspecified atom stereocenters. The van der Waals surface area contributed by atoms with Gasteiger partial charge in [-0.25, -0.2) is 4.39 Å². The minimum Gasteiger partial charge on any atom is -0.363 e. The van der Waals surface area contributed by atoms with Crippen molar-refractivity contribution in [2.45, 2.75) is 31.6 Å². The molecule has 0 N–H and O–H groups in total. The Labute approximate surface area is 172 Å². The molecule has 0 radical (unpaired) electrons. The average Bonchev–Trinajstić information content (AvgIpc) is 3.14. The number of anilines is 1. The number of rotatable bonds is 6. The predicted octanol–water partition coefficient (Wildman–Crippen LogP) is 5.38. The van der Waals surface area contributed by atoms with Gasteiger partial charge in [0.2, 0.25) is 0 Å². The molecule has 29 heavy (non-hydrogen) atoms. The lowest BCUT2D eigenvalue weighted by Gasteiger charge is -2.32. The van der Waals surface area contributed by atoms with Crippen molar-refractivity contribution in [2.24, 2.45) is 0 Å². The first-order valence-corrected chi connectivity index (χ1v) is 9.63. The highest BCUT2D eigenvalue weighted by Crippen LogP contribution is 2.30. The van der Waals surface area contributed by atoms with E-state index in [0.717, 1.165) is 0 Å². The van der Waals surface area contributed by atoms with Crippen LogP contribution in [0.1, 0.15) is 24.0 Å². The van der Waals surface area contributed by atoms with Crippen molar-refractivity contribution in [1.29, 1.82) is 5.26 Å². The first kappa shape index (κ1) is 21.4. The second-order valence-electron chi connectivity index (χ2n) is 7.10. The topological polar surface area (TPSA) is 30.3 Å². The molecule has 1 aliphatic rings. The van der Waals surface area contributed by atoms with E-state index in [2.05, 4.69) is 0 Å². The summed E-state index contributed by atoms with van der Waals surface area (Å²) in [4.78, 5) is 3.73. The summed E-state index contributed by atoms with van der Waals surface area (Å²) in [6, 6.07) is 13.3. The second-order valence-corrected chi connectivity index (χ2v) is 7.51. The van der Waals surface area contributed by atoms with Crippen molar-refractivity contribution in [3.8, 4) is 6.07 Å². The van der Waals surface area contributed by atoms with Crippen LogP contribution in [0.25, 0.3) is 0 Å². The molecular weight excluding hydrogens is 406 g/mol. The van der Waals surface area contributed by atoms with Crippen LogP contribution < -0.4 is 4.90 Å². The Morgan fingerprint density at radius 1 is 1.21 bits per heavy atom. The summed E-state index contributed by atoms with van der Waals surface area (Å²) in [6.45, 7) is 1.19. The Bertz CT molecular complexity index is 894. The molecule has 3 rings (SSSR count). The molecule has 8 heteroatoms. The van der Waals surface area contributed by atoms with Crippen LogP contribution in [0.2, 0.25) is 5.02 Å². The molecule has 1 saturated heterocycles. The molecule has 1 heterocycles. The van der Waals surface area contributed by atoms with Crippen LogP contribution in [-0.4, -0.2) is 36.8 Å². The molecule has 0 amide bonds. The average molecular weight is 426 g/mol. The van der Waals surface area contributed by atoms with E-state index in [0.29, 0.717) is 36.3 Å². The Balaban J connectivity index is 1.83. The summed E-state index contributed by atoms with van der Waals surface area (Å²) in [7, 11) is 0. The van der Waals surface area contributed by atoms with Crippen LogP contribution in [0.5, 0.6) is 0 Å². The summed E-state index contributed by atoms with van der Waals surface area (Å²) < 4.78 is 51.9. The maximum atomic E-state index is 14.2. The number of benzene rings is 2. The van der Waals surface area contributed by atoms with Gasteiger partial charge in [-0.1, -0.05) is 29.8 Å². The first-order chi connectivity index (χ1) is 13.8. The third-order valence-corrected chi connectivity index (χ3v) is 5.42. The minimum absolute atomic E-state index is 0.0539. The van der Waals surface area contributed by atoms with Crippen LogP contribution in [0.15, 0.2) is 42.5 Å². The van der Waals surface area contributed by atoms with E-state index >= 15 is 0 Å². The monoisotopic (exact) mass is 425 g/mol. The van der Waals surface area contributed by atoms with Gasteiger partial charge >= 0.3 is 6.18 Å². The van der Waals surface area contributed by atoms with Gasteiger partial charge in [-0.05, 0) is 30.7 Å². The lowest BCUT2D eigenvalue weighted by Crippen LogP contribution is -2.38. The fourth-order valence-electron chi connectivity index (χ4n) is 3.57. The van der Waals surface area contributed by atoms with Crippen molar-refractivity contribution in [1.82, 2.24) is 4.90 Å². The third kappa shape index (κ3) is 5.62. The van der Waals surface area contributed by atoms with E-state index in [1.54, 1.807) is 41.3 Å². The van der Waals surface area contributed by atoms with Gasteiger partial charge in [0.05, 0.1) is 17.0 Å². The number of nitriles is 1. The second kappa shape index (κ2) is 9.02. The molecule has 154 valence electrons. The smallest absolute Gasteiger partial charge is 0.363 e. The SMILES string of the molecule is N#Cc1ccc(N(Cc2ccccc2F)[C@H]2CCN(CCC(F)(F)F)C2)cc1Cl. The van der Waals surface area contributed by atoms with Gasteiger partial charge in [0.15, 0.2) is 0 Å². The molecule has 1 atom stereocenters. The van der Waals surface area contributed by atoms with Gasteiger partial charge in [-0.15, -0.1) is 0 Å². The van der Waals surface area contributed by atoms with Crippen LogP contribution in [0, 0.1) is 17.1 Å². The van der Waals surface area contributed by atoms with E-state index in [1.165, 1.54) is 6.07 Å². The lowest BCUT2D eigenvalue weighted by molar-refractivity contribution is -0.137. The number of nitrogens with zero attached hydrogens (tertiary/aromatic N) is 3. The van der Waals surface area contributed by atoms with E-state index in [4.69, 9.17) is 16.9 Å². The van der Waals surface area contributed by atoms with E-state index in [1.807, 2.05) is 11.0 Å². The zero-order valence-corrected chi connectivity index (χ0v) is 16.3. The summed E-state index contributed by atoms with van der Waals surface area (Å²) in [5.74, 6) is -0.343. The maximum absolute atomic E-state index is 14.2. The molecule has 0 bridgehead atoms. The van der Waals surface area contributed by atoms with E-state index < -0.39 is 12.6 Å². The van der Waals surface area contributed by atoms with Crippen LogP contribution in [0.3, 0.4) is 0 Å². The molecule has 3 nitrogen and oxygen atoms in total. The van der Waals surface area contributed by atoms with Gasteiger partial charge < -0.3 is 9.80 Å². The quantitative estimate of drug-likeness (QED) is 0.582. The fraction of sp³-hybridized carbons (Fsp3) is 0.381. The molecular formula is C21H20ClF4N3. The maximum Gasteiger partial charge on any atom is 0.390 e. The van der Waals surface area contributed by atoms with Crippen molar-refractivity contribution < 1.29 is 17.6 Å². The van der Waals surface area contributed by atoms with Gasteiger partial charge in [0, 0.05) is 43.5 Å². The summed E-state index contributed by atoms with van der Waals surface area (Å²) in [5.41, 5.74) is 1.53. The fourth-order valence-corrected chi connectivity index (χ4v) is 3.79. The van der Waals surface area contributed by atoms with Crippen molar-refractivity contribution in [3.63, 3.8) is 0 Å². The lowest BCUT2D eigenvalue weighted by atomic mass is 10.1. The van der Waals surface area contributed by atoms with Crippen LogP contribution >= 0.6 is 11.6 Å². The van der Waals surface area contributed by atoms with Gasteiger partial charge in [0.25, 0.3) is 0 Å². The Hall–Kier alpha value is -2.30. The summed E-state index contributed by atoms with van der Waals surface area (Å²) in [5, 5.41) is 9.38. The van der Waals surface area contributed by atoms with Gasteiger partial charge in [0.1, 0.15) is 11.9 Å². The Morgan fingerprint density at radius 3 is 2.62 bits per heavy atom. The number of hydrogen-bond donors (Lipinski definition) is 0. The van der Waals surface area contributed by atoms with Crippen molar-refractivity contribution in [2.75, 3.05) is 24.5 Å². The van der Waals surface area contributed by atoms with Gasteiger partial charge in [-0.3, -0.25) is 0 Å². The molecule has 0 spiro atoms. The third-order valence-electron chi connectivity index (χ3n) is 5.10. The Kier molecular flexibility index (Phi) is 6.66. The zero-order valence-electron chi connectivity index (χ0n) is 15.6. The van der Waals surface area contributed by atoms with Crippen LogP contribution in [0.4, 0.5) is 23.2 Å². The molecule has 0 aromatic heterocycles. The summed E-state index contributed by atoms with van der Waals surface area (Å²) >= 11 is 6.18. The highest BCUT2D eigenvalue weighted by molar-refractivity contribution is 6.32. The highest BCUT2D eigenvalue weighted by atomic mass is 35.5. The summed E-state index contributed by atoms with van der Waals surface area (Å²) in [6.07, 6.45) is -4.38. The highest BCUT2D eigenvalue weighted by Gasteiger charge is 2.32. The van der Waals surface area contributed by atoms with E-state index in [9.17, 15) is 17.6 Å². The molecule has 2 aromatic rings. The van der Waals surface area contributed by atoms with Crippen molar-refractivity contribution >= 4 is 17.3 Å². The normalized spacial score (nSPS) is 17.3. The molecule has 2 aromatic carbocycles. The molecule has 0 aliphatic carbocycles. The largest absolute Gasteiger partial charge is 0.390 e. The Morgan fingerprint density at radius 2 is 1.97 bits per heavy atom. The molecule has 1 aliphatic heterocycles. The van der Waals surface area contributed by atoms with E-state index in [-0.39, 0.29) is 30.0 Å². The number of halogens is 5. The molecule has 0 saturated carbocycles. The zero-order chi connectivity index (χ0) is 21.0. The standard InChI is InChI=1S/C21H20ClF4N3/c22-19-11-17(6-5-15(19)12-27)29(13-16-3-1-2-4-20(16)23)18-7-9-28(14-18)10-8-21(24,25)26/h1-6,11,18H,7-10,13-14H2/t18-/m0/s1. The predicted molar refractivity (Wildman–Crippen MR) is 104 cm³/mol. The van der Waals surface area contributed by atoms with Crippen molar-refractivity contribution in [3.05, 3.63) is 64.4 Å². The number of likely N-dealkylation sites (tertiary alicyclic amines) is 1. The first-order valence-electron chi connectivity index (χ1n) is 9.25.